The molecule has 1 N–H and O–H groups in total. The number of carboxylic acids is 1. The largest absolute Gasteiger partial charge is 0.491 e. The fraction of sp³-hybridized carbons (Fsp3) is 0.125. The van der Waals surface area contributed by atoms with Crippen LogP contribution in [-0.2, 0) is 0 Å². The Hall–Kier alpha value is -1.43. The zero-order valence-corrected chi connectivity index (χ0v) is 8.03. The molecule has 0 amide bonds. The lowest BCUT2D eigenvalue weighted by atomic mass is 10.1. The summed E-state index contributed by atoms with van der Waals surface area (Å²) < 4.78 is 43.5. The normalized spacial score (nSPS) is 10.2. The van der Waals surface area contributed by atoms with E-state index in [2.05, 4.69) is 4.74 Å². The number of rotatable bonds is 2. The number of halogens is 4. The Balaban J connectivity index is 3.68. The fourth-order valence-electron chi connectivity index (χ4n) is 0.979. The Labute approximate surface area is 87.0 Å². The molecule has 1 aromatic rings. The third-order valence-electron chi connectivity index (χ3n) is 1.64. The van der Waals surface area contributed by atoms with E-state index in [9.17, 15) is 18.0 Å². The zero-order chi connectivity index (χ0) is 11.7. The highest BCUT2D eigenvalue weighted by molar-refractivity contribution is 6.31. The number of methoxy groups -OCH3 is 1. The van der Waals surface area contributed by atoms with Crippen LogP contribution in [0.3, 0.4) is 0 Å². The van der Waals surface area contributed by atoms with Crippen molar-refractivity contribution in [1.82, 2.24) is 0 Å². The van der Waals surface area contributed by atoms with Crippen LogP contribution in [0.25, 0.3) is 0 Å². The van der Waals surface area contributed by atoms with Gasteiger partial charge in [-0.3, -0.25) is 0 Å². The monoisotopic (exact) mass is 240 g/mol. The Morgan fingerprint density at radius 1 is 1.27 bits per heavy atom. The molecule has 3 nitrogen and oxygen atoms in total. The van der Waals surface area contributed by atoms with Crippen molar-refractivity contribution in [3.8, 4) is 5.75 Å². The van der Waals surface area contributed by atoms with Crippen molar-refractivity contribution in [3.05, 3.63) is 28.0 Å². The molecular weight excluding hydrogens is 237 g/mol. The molecule has 82 valence electrons. The van der Waals surface area contributed by atoms with Gasteiger partial charge in [0.15, 0.2) is 23.2 Å². The van der Waals surface area contributed by atoms with Crippen molar-refractivity contribution < 1.29 is 27.8 Å². The van der Waals surface area contributed by atoms with Crippen molar-refractivity contribution in [1.29, 1.82) is 0 Å². The lowest BCUT2D eigenvalue weighted by molar-refractivity contribution is 0.0685. The van der Waals surface area contributed by atoms with E-state index in [1.165, 1.54) is 0 Å². The zero-order valence-electron chi connectivity index (χ0n) is 7.28. The summed E-state index contributed by atoms with van der Waals surface area (Å²) in [6.07, 6.45) is 0. The predicted molar refractivity (Wildman–Crippen MR) is 44.8 cm³/mol. The summed E-state index contributed by atoms with van der Waals surface area (Å²) in [5.41, 5.74) is -1.35. The minimum absolute atomic E-state index is 0.904. The molecule has 1 rings (SSSR count). The highest BCUT2D eigenvalue weighted by atomic mass is 35.5. The van der Waals surface area contributed by atoms with E-state index in [0.717, 1.165) is 7.11 Å². The van der Waals surface area contributed by atoms with Crippen molar-refractivity contribution >= 4 is 17.6 Å². The van der Waals surface area contributed by atoms with Crippen LogP contribution in [0.1, 0.15) is 10.4 Å². The summed E-state index contributed by atoms with van der Waals surface area (Å²) in [7, 11) is 0.904. The van der Waals surface area contributed by atoms with Crippen molar-refractivity contribution in [2.24, 2.45) is 0 Å². The van der Waals surface area contributed by atoms with Crippen LogP contribution in [-0.4, -0.2) is 18.2 Å². The van der Waals surface area contributed by atoms with E-state index in [4.69, 9.17) is 16.7 Å². The summed E-state index contributed by atoms with van der Waals surface area (Å²) in [5, 5.41) is 7.35. The Kier molecular flexibility index (Phi) is 3.09. The molecule has 0 aliphatic heterocycles. The Morgan fingerprint density at radius 2 is 1.80 bits per heavy atom. The van der Waals surface area contributed by atoms with Gasteiger partial charge in [0.05, 0.1) is 7.11 Å². The number of aromatic carboxylic acids is 1. The predicted octanol–water partition coefficient (Wildman–Crippen LogP) is 2.46. The molecule has 1 aromatic carbocycles. The van der Waals surface area contributed by atoms with Gasteiger partial charge in [-0.05, 0) is 0 Å². The van der Waals surface area contributed by atoms with Gasteiger partial charge in [0.1, 0.15) is 10.6 Å². The van der Waals surface area contributed by atoms with Crippen molar-refractivity contribution in [2.75, 3.05) is 7.11 Å². The van der Waals surface area contributed by atoms with Gasteiger partial charge >= 0.3 is 5.97 Å². The van der Waals surface area contributed by atoms with E-state index in [-0.39, 0.29) is 0 Å². The Morgan fingerprint density at radius 3 is 2.20 bits per heavy atom. The molecule has 15 heavy (non-hydrogen) atoms. The molecule has 0 radical (unpaired) electrons. The van der Waals surface area contributed by atoms with Crippen LogP contribution >= 0.6 is 11.6 Å². The third kappa shape index (κ3) is 1.72. The molecule has 0 unspecified atom stereocenters. The molecule has 0 spiro atoms. The quantitative estimate of drug-likeness (QED) is 0.638. The molecule has 0 aromatic heterocycles. The van der Waals surface area contributed by atoms with Crippen LogP contribution in [0, 0.1) is 17.5 Å². The van der Waals surface area contributed by atoms with E-state index in [0.29, 0.717) is 0 Å². The third-order valence-corrected chi connectivity index (χ3v) is 1.97. The van der Waals surface area contributed by atoms with E-state index in [1.54, 1.807) is 0 Å². The molecule has 0 saturated carbocycles. The number of hydrogen-bond acceptors (Lipinski definition) is 2. The van der Waals surface area contributed by atoms with E-state index >= 15 is 0 Å². The molecule has 0 heterocycles. The first-order valence-corrected chi connectivity index (χ1v) is 3.92. The minimum atomic E-state index is -1.90. The van der Waals surface area contributed by atoms with Crippen LogP contribution in [0.15, 0.2) is 0 Å². The lowest BCUT2D eigenvalue weighted by Crippen LogP contribution is -2.09. The summed E-state index contributed by atoms with van der Waals surface area (Å²) >= 11 is 5.12. The average Bonchev–Trinajstić information content (AvgIpc) is 2.15. The van der Waals surface area contributed by atoms with Gasteiger partial charge < -0.3 is 9.84 Å². The Bertz CT molecular complexity index is 434. The molecule has 0 fully saturated rings. The topological polar surface area (TPSA) is 46.5 Å². The highest BCUT2D eigenvalue weighted by Crippen LogP contribution is 2.33. The number of hydrogen-bond donors (Lipinski definition) is 1. The molecule has 0 aliphatic rings. The van der Waals surface area contributed by atoms with E-state index < -0.39 is 39.8 Å². The second-order valence-electron chi connectivity index (χ2n) is 2.47. The van der Waals surface area contributed by atoms with Gasteiger partial charge in [0.2, 0.25) is 0 Å². The summed E-state index contributed by atoms with van der Waals surface area (Å²) in [5.74, 6) is -7.70. The first kappa shape index (κ1) is 11.6. The molecule has 0 atom stereocenters. The second-order valence-corrected chi connectivity index (χ2v) is 2.85. The van der Waals surface area contributed by atoms with Gasteiger partial charge in [0.25, 0.3) is 0 Å². The molecule has 0 aliphatic carbocycles. The van der Waals surface area contributed by atoms with Crippen LogP contribution < -0.4 is 4.74 Å². The SMILES string of the molecule is COc1c(F)c(Cl)c(F)c(C(=O)O)c1F. The maximum absolute atomic E-state index is 13.2. The molecule has 0 saturated heterocycles. The lowest BCUT2D eigenvalue weighted by Gasteiger charge is -2.08. The van der Waals surface area contributed by atoms with Gasteiger partial charge in [-0.2, -0.15) is 0 Å². The highest BCUT2D eigenvalue weighted by Gasteiger charge is 2.28. The first-order valence-electron chi connectivity index (χ1n) is 3.55. The fourth-order valence-corrected chi connectivity index (χ4v) is 1.16. The minimum Gasteiger partial charge on any atom is -0.491 e. The van der Waals surface area contributed by atoms with Crippen LogP contribution in [0.4, 0.5) is 13.2 Å². The van der Waals surface area contributed by atoms with Gasteiger partial charge in [0, 0.05) is 0 Å². The average molecular weight is 241 g/mol. The maximum atomic E-state index is 13.2. The number of carbonyl (C=O) groups is 1. The van der Waals surface area contributed by atoms with Crippen molar-refractivity contribution in [3.63, 3.8) is 0 Å². The van der Waals surface area contributed by atoms with Gasteiger partial charge in [-0.25, -0.2) is 18.0 Å². The summed E-state index contributed by atoms with van der Waals surface area (Å²) in [4.78, 5) is 10.5. The number of carboxylic acid groups (broad SMARTS) is 1. The standard InChI is InChI=1S/C8H4ClF3O3/c1-15-7-5(11)2(8(13)14)4(10)3(9)6(7)12/h1H3,(H,13,14). The van der Waals surface area contributed by atoms with Crippen LogP contribution in [0.5, 0.6) is 5.75 Å². The smallest absolute Gasteiger partial charge is 0.341 e. The summed E-state index contributed by atoms with van der Waals surface area (Å²) in [6, 6.07) is 0. The number of benzene rings is 1. The molecule has 0 bridgehead atoms. The molecular formula is C8H4ClF3O3. The van der Waals surface area contributed by atoms with Crippen molar-refractivity contribution in [2.45, 2.75) is 0 Å². The van der Waals surface area contributed by atoms with Gasteiger partial charge in [-0.1, -0.05) is 11.6 Å². The maximum Gasteiger partial charge on any atom is 0.341 e. The van der Waals surface area contributed by atoms with E-state index in [1.807, 2.05) is 0 Å². The molecule has 7 heteroatoms. The van der Waals surface area contributed by atoms with Gasteiger partial charge in [-0.15, -0.1) is 0 Å². The second kappa shape index (κ2) is 3.98. The number of ether oxygens (including phenoxy) is 1. The first-order chi connectivity index (χ1) is 6.91. The van der Waals surface area contributed by atoms with Crippen LogP contribution in [0.2, 0.25) is 5.02 Å². The summed E-state index contributed by atoms with van der Waals surface area (Å²) in [6.45, 7) is 0.